The quantitative estimate of drug-likeness (QED) is 0.942. The average molecular weight is 291 g/mol. The van der Waals surface area contributed by atoms with E-state index in [-0.39, 0.29) is 5.56 Å². The SMILES string of the molecule is O=c1cc(N2CCC(Cc3cc(F)cc(F)c3)C2)nc[nH]1. The highest BCUT2D eigenvalue weighted by Gasteiger charge is 2.24. The molecular formula is C15H15F2N3O. The van der Waals surface area contributed by atoms with Crippen LogP contribution in [0.3, 0.4) is 0 Å². The number of anilines is 1. The molecule has 1 N–H and O–H groups in total. The van der Waals surface area contributed by atoms with Gasteiger partial charge in [-0.15, -0.1) is 0 Å². The Hall–Kier alpha value is -2.24. The minimum atomic E-state index is -0.545. The minimum absolute atomic E-state index is 0.185. The van der Waals surface area contributed by atoms with Crippen LogP contribution in [0.4, 0.5) is 14.6 Å². The van der Waals surface area contributed by atoms with Crippen LogP contribution < -0.4 is 10.5 Å². The number of rotatable bonds is 3. The first-order valence-corrected chi connectivity index (χ1v) is 6.85. The molecule has 1 fully saturated rings. The highest BCUT2D eigenvalue weighted by Crippen LogP contribution is 2.24. The molecule has 1 aliphatic rings. The van der Waals surface area contributed by atoms with Gasteiger partial charge >= 0.3 is 0 Å². The monoisotopic (exact) mass is 291 g/mol. The Kier molecular flexibility index (Phi) is 3.68. The molecule has 0 amide bonds. The number of nitrogens with zero attached hydrogens (tertiary/aromatic N) is 2. The standard InChI is InChI=1S/C15H15F2N3O/c16-12-4-11(5-13(17)6-12)3-10-1-2-20(8-10)14-7-15(21)19-9-18-14/h4-7,9-10H,1-3,8H2,(H,18,19,21). The first-order chi connectivity index (χ1) is 10.1. The van der Waals surface area contributed by atoms with Crippen molar-refractivity contribution in [3.05, 3.63) is 58.1 Å². The molecule has 0 saturated carbocycles. The topological polar surface area (TPSA) is 49.0 Å². The average Bonchev–Trinajstić information content (AvgIpc) is 2.86. The molecule has 2 aromatic rings. The summed E-state index contributed by atoms with van der Waals surface area (Å²) < 4.78 is 26.4. The number of halogens is 2. The maximum atomic E-state index is 13.2. The lowest BCUT2D eigenvalue weighted by atomic mass is 9.98. The van der Waals surface area contributed by atoms with Gasteiger partial charge in [-0.3, -0.25) is 4.79 Å². The van der Waals surface area contributed by atoms with E-state index in [4.69, 9.17) is 0 Å². The van der Waals surface area contributed by atoms with Gasteiger partial charge in [0.15, 0.2) is 0 Å². The summed E-state index contributed by atoms with van der Waals surface area (Å²) in [6.07, 6.45) is 2.91. The first kappa shape index (κ1) is 13.7. The van der Waals surface area contributed by atoms with Gasteiger partial charge in [0.25, 0.3) is 5.56 Å². The molecule has 1 atom stereocenters. The van der Waals surface area contributed by atoms with E-state index in [1.807, 2.05) is 4.90 Å². The summed E-state index contributed by atoms with van der Waals surface area (Å²) in [5.41, 5.74) is 0.480. The number of aromatic nitrogens is 2. The van der Waals surface area contributed by atoms with Crippen molar-refractivity contribution in [3.8, 4) is 0 Å². The third-order valence-corrected chi connectivity index (χ3v) is 3.72. The van der Waals surface area contributed by atoms with Gasteiger partial charge in [0.05, 0.1) is 6.33 Å². The molecule has 1 unspecified atom stereocenters. The van der Waals surface area contributed by atoms with Crippen LogP contribution in [0.25, 0.3) is 0 Å². The van der Waals surface area contributed by atoms with E-state index in [0.29, 0.717) is 23.7 Å². The third kappa shape index (κ3) is 3.26. The molecule has 6 heteroatoms. The molecule has 0 bridgehead atoms. The minimum Gasteiger partial charge on any atom is -0.356 e. The molecule has 0 aliphatic carbocycles. The van der Waals surface area contributed by atoms with Gasteiger partial charge in [-0.05, 0) is 36.5 Å². The van der Waals surface area contributed by atoms with Gasteiger partial charge in [-0.1, -0.05) is 0 Å². The normalized spacial score (nSPS) is 18.2. The van der Waals surface area contributed by atoms with Gasteiger partial charge in [-0.25, -0.2) is 13.8 Å². The van der Waals surface area contributed by atoms with Crippen LogP contribution >= 0.6 is 0 Å². The summed E-state index contributed by atoms with van der Waals surface area (Å²) in [6, 6.07) is 5.09. The lowest BCUT2D eigenvalue weighted by Crippen LogP contribution is -2.23. The Labute approximate surface area is 120 Å². The van der Waals surface area contributed by atoms with E-state index in [9.17, 15) is 13.6 Å². The van der Waals surface area contributed by atoms with Crippen molar-refractivity contribution in [2.24, 2.45) is 5.92 Å². The van der Waals surface area contributed by atoms with Crippen LogP contribution in [0.2, 0.25) is 0 Å². The number of nitrogens with one attached hydrogen (secondary N) is 1. The fourth-order valence-corrected chi connectivity index (χ4v) is 2.80. The van der Waals surface area contributed by atoms with Crippen LogP contribution in [0.15, 0.2) is 35.4 Å². The zero-order valence-corrected chi connectivity index (χ0v) is 11.4. The summed E-state index contributed by atoms with van der Waals surface area (Å²) in [5.74, 6) is -0.147. The maximum absolute atomic E-state index is 13.2. The lowest BCUT2D eigenvalue weighted by molar-refractivity contribution is 0.558. The number of hydrogen-bond acceptors (Lipinski definition) is 3. The Morgan fingerprint density at radius 3 is 2.71 bits per heavy atom. The molecule has 110 valence electrons. The van der Waals surface area contributed by atoms with Crippen molar-refractivity contribution in [2.75, 3.05) is 18.0 Å². The zero-order chi connectivity index (χ0) is 14.8. The van der Waals surface area contributed by atoms with Crippen molar-refractivity contribution in [3.63, 3.8) is 0 Å². The Balaban J connectivity index is 1.68. The van der Waals surface area contributed by atoms with Crippen molar-refractivity contribution >= 4 is 5.82 Å². The predicted octanol–water partition coefficient (Wildman–Crippen LogP) is 2.12. The van der Waals surface area contributed by atoms with Gasteiger partial charge in [-0.2, -0.15) is 0 Å². The fraction of sp³-hybridized carbons (Fsp3) is 0.333. The Morgan fingerprint density at radius 2 is 2.00 bits per heavy atom. The summed E-state index contributed by atoms with van der Waals surface area (Å²) in [5, 5.41) is 0. The molecule has 0 radical (unpaired) electrons. The van der Waals surface area contributed by atoms with Crippen LogP contribution in [0, 0.1) is 17.6 Å². The van der Waals surface area contributed by atoms with Crippen LogP contribution in [-0.2, 0) is 6.42 Å². The molecule has 21 heavy (non-hydrogen) atoms. The second kappa shape index (κ2) is 5.63. The van der Waals surface area contributed by atoms with Gasteiger partial charge in [0, 0.05) is 25.2 Å². The summed E-state index contributed by atoms with van der Waals surface area (Å²) in [6.45, 7) is 1.52. The van der Waals surface area contributed by atoms with E-state index in [1.165, 1.54) is 24.5 Å². The number of H-pyrrole nitrogens is 1. The second-order valence-corrected chi connectivity index (χ2v) is 5.35. The summed E-state index contributed by atoms with van der Waals surface area (Å²) in [4.78, 5) is 19.9. The molecule has 1 aromatic carbocycles. The lowest BCUT2D eigenvalue weighted by Gasteiger charge is -2.16. The molecule has 1 saturated heterocycles. The van der Waals surface area contributed by atoms with Gasteiger partial charge in [0.1, 0.15) is 17.5 Å². The van der Waals surface area contributed by atoms with Crippen molar-refractivity contribution in [1.82, 2.24) is 9.97 Å². The molecular weight excluding hydrogens is 276 g/mol. The van der Waals surface area contributed by atoms with Crippen molar-refractivity contribution in [1.29, 1.82) is 0 Å². The van der Waals surface area contributed by atoms with Crippen LogP contribution in [0.5, 0.6) is 0 Å². The zero-order valence-electron chi connectivity index (χ0n) is 11.4. The highest BCUT2D eigenvalue weighted by atomic mass is 19.1. The molecule has 0 spiro atoms. The molecule has 1 aliphatic heterocycles. The van der Waals surface area contributed by atoms with E-state index < -0.39 is 11.6 Å². The Morgan fingerprint density at radius 1 is 1.24 bits per heavy atom. The van der Waals surface area contributed by atoms with Crippen molar-refractivity contribution < 1.29 is 8.78 Å². The highest BCUT2D eigenvalue weighted by molar-refractivity contribution is 5.38. The van der Waals surface area contributed by atoms with E-state index >= 15 is 0 Å². The fourth-order valence-electron chi connectivity index (χ4n) is 2.80. The summed E-state index contributed by atoms with van der Waals surface area (Å²) >= 11 is 0. The number of benzene rings is 1. The smallest absolute Gasteiger partial charge is 0.252 e. The number of hydrogen-bond donors (Lipinski definition) is 1. The Bertz CT molecular complexity index is 681. The maximum Gasteiger partial charge on any atom is 0.252 e. The van der Waals surface area contributed by atoms with Crippen LogP contribution in [-0.4, -0.2) is 23.1 Å². The van der Waals surface area contributed by atoms with E-state index in [1.54, 1.807) is 0 Å². The second-order valence-electron chi connectivity index (χ2n) is 5.35. The first-order valence-electron chi connectivity index (χ1n) is 6.85. The predicted molar refractivity (Wildman–Crippen MR) is 75.2 cm³/mol. The molecule has 1 aromatic heterocycles. The van der Waals surface area contributed by atoms with E-state index in [0.717, 1.165) is 25.6 Å². The third-order valence-electron chi connectivity index (χ3n) is 3.72. The van der Waals surface area contributed by atoms with Crippen molar-refractivity contribution in [2.45, 2.75) is 12.8 Å². The molecule has 4 nitrogen and oxygen atoms in total. The molecule has 2 heterocycles. The molecule has 3 rings (SSSR count). The van der Waals surface area contributed by atoms with E-state index in [2.05, 4.69) is 9.97 Å². The number of aromatic amines is 1. The summed E-state index contributed by atoms with van der Waals surface area (Å²) in [7, 11) is 0. The van der Waals surface area contributed by atoms with Gasteiger partial charge < -0.3 is 9.88 Å². The van der Waals surface area contributed by atoms with Crippen LogP contribution in [0.1, 0.15) is 12.0 Å². The largest absolute Gasteiger partial charge is 0.356 e. The van der Waals surface area contributed by atoms with Gasteiger partial charge in [0.2, 0.25) is 0 Å².